The molecule has 1 N–H and O–H groups in total. The van der Waals surface area contributed by atoms with Crippen molar-refractivity contribution in [1.82, 2.24) is 0 Å². The third-order valence-corrected chi connectivity index (χ3v) is 4.10. The summed E-state index contributed by atoms with van der Waals surface area (Å²) in [6, 6.07) is 8.41. The Morgan fingerprint density at radius 2 is 1.31 bits per heavy atom. The number of benzene rings is 1. The molecular weight excluding hydrogens is 339 g/mol. The Kier molecular flexibility index (Phi) is 19.6. The number of aryl methyl sites for hydroxylation is 1. The van der Waals surface area contributed by atoms with Crippen molar-refractivity contribution in [2.24, 2.45) is 0 Å². The van der Waals surface area contributed by atoms with Crippen molar-refractivity contribution in [3.63, 3.8) is 0 Å². The standard InChI is InChI=1S/C21H36O4.Na/c1-2-3-4-5-6-7-8-9-20-10-12-21(13-11-20)25-19-18-24-17-16-23-15-14-22;/h10-13,22H,2-9,14-19H2,1H3;. The fourth-order valence-electron chi connectivity index (χ4n) is 2.64. The molecule has 0 amide bonds. The van der Waals surface area contributed by atoms with E-state index in [0.717, 1.165) is 12.2 Å². The summed E-state index contributed by atoms with van der Waals surface area (Å²) in [6.45, 7) is 4.80. The minimum absolute atomic E-state index is 0. The molecule has 4 nitrogen and oxygen atoms in total. The quantitative estimate of drug-likeness (QED) is 0.330. The van der Waals surface area contributed by atoms with Crippen LogP contribution in [0, 0.1) is 0 Å². The molecule has 1 aromatic rings. The molecule has 0 aromatic heterocycles. The maximum absolute atomic E-state index is 8.57. The number of ether oxygens (including phenoxy) is 3. The maximum Gasteiger partial charge on any atom is 0.119 e. The molecule has 0 saturated carbocycles. The van der Waals surface area contributed by atoms with Crippen LogP contribution in [0.5, 0.6) is 5.75 Å². The van der Waals surface area contributed by atoms with Gasteiger partial charge in [0.05, 0.1) is 33.0 Å². The Morgan fingerprint density at radius 3 is 1.96 bits per heavy atom. The molecule has 0 heterocycles. The summed E-state index contributed by atoms with van der Waals surface area (Å²) >= 11 is 0. The Bertz CT molecular complexity index is 398. The maximum atomic E-state index is 8.57. The van der Waals surface area contributed by atoms with Crippen LogP contribution >= 0.6 is 0 Å². The van der Waals surface area contributed by atoms with E-state index in [4.69, 9.17) is 19.3 Å². The molecule has 0 saturated heterocycles. The van der Waals surface area contributed by atoms with Crippen LogP contribution in [0.4, 0.5) is 0 Å². The van der Waals surface area contributed by atoms with E-state index in [1.165, 1.54) is 50.5 Å². The molecule has 0 aliphatic carbocycles. The Hall–Kier alpha value is -0.100. The van der Waals surface area contributed by atoms with Crippen molar-refractivity contribution in [2.45, 2.75) is 58.3 Å². The van der Waals surface area contributed by atoms with Gasteiger partial charge in [-0.15, -0.1) is 0 Å². The summed E-state index contributed by atoms with van der Waals surface area (Å²) in [4.78, 5) is 0. The van der Waals surface area contributed by atoms with Crippen LogP contribution in [0.25, 0.3) is 0 Å². The number of unbranched alkanes of at least 4 members (excludes halogenated alkanes) is 6. The van der Waals surface area contributed by atoms with E-state index >= 15 is 0 Å². The largest absolute Gasteiger partial charge is 0.491 e. The van der Waals surface area contributed by atoms with E-state index in [0.29, 0.717) is 33.0 Å². The molecule has 145 valence electrons. The van der Waals surface area contributed by atoms with Crippen molar-refractivity contribution in [3.8, 4) is 5.75 Å². The fraction of sp³-hybridized carbons (Fsp3) is 0.714. The van der Waals surface area contributed by atoms with Gasteiger partial charge in [-0.2, -0.15) is 0 Å². The molecule has 1 radical (unpaired) electrons. The van der Waals surface area contributed by atoms with Crippen LogP contribution in [-0.4, -0.2) is 74.3 Å². The number of aliphatic hydroxyl groups excluding tert-OH is 1. The van der Waals surface area contributed by atoms with Crippen molar-refractivity contribution >= 4 is 29.6 Å². The molecular formula is C21H36NaO4. The zero-order valence-corrected chi connectivity index (χ0v) is 18.9. The van der Waals surface area contributed by atoms with Crippen LogP contribution in [0.15, 0.2) is 24.3 Å². The van der Waals surface area contributed by atoms with Crippen molar-refractivity contribution in [2.75, 3.05) is 39.6 Å². The van der Waals surface area contributed by atoms with Gasteiger partial charge in [-0.25, -0.2) is 0 Å². The monoisotopic (exact) mass is 375 g/mol. The zero-order chi connectivity index (χ0) is 18.0. The van der Waals surface area contributed by atoms with Gasteiger partial charge in [0.25, 0.3) is 0 Å². The summed E-state index contributed by atoms with van der Waals surface area (Å²) in [7, 11) is 0. The van der Waals surface area contributed by atoms with E-state index < -0.39 is 0 Å². The second-order valence-corrected chi connectivity index (χ2v) is 6.31. The normalized spacial score (nSPS) is 10.5. The summed E-state index contributed by atoms with van der Waals surface area (Å²) in [5.41, 5.74) is 1.39. The van der Waals surface area contributed by atoms with E-state index in [9.17, 15) is 0 Å². The van der Waals surface area contributed by atoms with Crippen molar-refractivity contribution in [3.05, 3.63) is 29.8 Å². The number of aliphatic hydroxyl groups is 1. The SMILES string of the molecule is CCCCCCCCCc1ccc(OCCOCCOCCO)cc1.[Na]. The molecule has 0 bridgehead atoms. The molecule has 1 aromatic carbocycles. The van der Waals surface area contributed by atoms with E-state index in [-0.39, 0.29) is 36.2 Å². The van der Waals surface area contributed by atoms with Crippen molar-refractivity contribution in [1.29, 1.82) is 0 Å². The van der Waals surface area contributed by atoms with Crippen LogP contribution in [-0.2, 0) is 15.9 Å². The smallest absolute Gasteiger partial charge is 0.119 e. The Balaban J connectivity index is 0.00000625. The first-order chi connectivity index (χ1) is 12.4. The third kappa shape index (κ3) is 15.0. The topological polar surface area (TPSA) is 47.9 Å². The van der Waals surface area contributed by atoms with Crippen molar-refractivity contribution < 1.29 is 19.3 Å². The van der Waals surface area contributed by atoms with Crippen LogP contribution in [0.2, 0.25) is 0 Å². The number of hydrogen-bond acceptors (Lipinski definition) is 4. The number of hydrogen-bond donors (Lipinski definition) is 1. The van der Waals surface area contributed by atoms with Gasteiger partial charge in [0.2, 0.25) is 0 Å². The van der Waals surface area contributed by atoms with Gasteiger partial charge in [-0.3, -0.25) is 0 Å². The molecule has 0 aliphatic rings. The van der Waals surface area contributed by atoms with Gasteiger partial charge >= 0.3 is 0 Å². The average molecular weight is 376 g/mol. The second-order valence-electron chi connectivity index (χ2n) is 6.31. The van der Waals surface area contributed by atoms with Crippen LogP contribution in [0.1, 0.15) is 57.4 Å². The molecule has 0 fully saturated rings. The van der Waals surface area contributed by atoms with Gasteiger partial charge in [0.1, 0.15) is 12.4 Å². The second kappa shape index (κ2) is 19.7. The van der Waals surface area contributed by atoms with Gasteiger partial charge in [0, 0.05) is 29.6 Å². The zero-order valence-electron chi connectivity index (χ0n) is 16.9. The summed E-state index contributed by atoms with van der Waals surface area (Å²) in [6.07, 6.45) is 10.6. The van der Waals surface area contributed by atoms with Gasteiger partial charge in [-0.05, 0) is 30.5 Å². The minimum atomic E-state index is 0. The minimum Gasteiger partial charge on any atom is -0.491 e. The molecule has 1 rings (SSSR count). The average Bonchev–Trinajstić information content (AvgIpc) is 2.64. The number of rotatable bonds is 17. The van der Waals surface area contributed by atoms with Crippen LogP contribution < -0.4 is 4.74 Å². The van der Waals surface area contributed by atoms with Gasteiger partial charge < -0.3 is 19.3 Å². The van der Waals surface area contributed by atoms with Gasteiger partial charge in [0.15, 0.2) is 0 Å². The van der Waals surface area contributed by atoms with E-state index in [1.54, 1.807) is 0 Å². The fourth-order valence-corrected chi connectivity index (χ4v) is 2.64. The third-order valence-electron chi connectivity index (χ3n) is 4.10. The molecule has 0 atom stereocenters. The van der Waals surface area contributed by atoms with Gasteiger partial charge in [-0.1, -0.05) is 57.6 Å². The first-order valence-electron chi connectivity index (χ1n) is 9.85. The molecule has 26 heavy (non-hydrogen) atoms. The van der Waals surface area contributed by atoms with E-state index in [2.05, 4.69) is 19.1 Å². The Morgan fingerprint density at radius 1 is 0.731 bits per heavy atom. The molecule has 0 unspecified atom stereocenters. The molecule has 0 spiro atoms. The van der Waals surface area contributed by atoms with Crippen LogP contribution in [0.3, 0.4) is 0 Å². The summed E-state index contributed by atoms with van der Waals surface area (Å²) in [5, 5.41) is 8.57. The predicted molar refractivity (Wildman–Crippen MR) is 108 cm³/mol. The molecule has 5 heteroatoms. The first kappa shape index (κ1) is 25.9. The Labute approximate surface area is 181 Å². The molecule has 0 aliphatic heterocycles. The first-order valence-corrected chi connectivity index (χ1v) is 9.85. The summed E-state index contributed by atoms with van der Waals surface area (Å²) in [5.74, 6) is 0.892. The van der Waals surface area contributed by atoms with E-state index in [1.807, 2.05) is 12.1 Å². The summed E-state index contributed by atoms with van der Waals surface area (Å²) < 4.78 is 16.2. The predicted octanol–water partition coefficient (Wildman–Crippen LogP) is 4.00.